The van der Waals surface area contributed by atoms with Crippen molar-refractivity contribution in [3.8, 4) is 11.5 Å². The summed E-state index contributed by atoms with van der Waals surface area (Å²) in [5.41, 5.74) is 6.74. The molecule has 0 spiro atoms. The fourth-order valence-electron chi connectivity index (χ4n) is 2.41. The van der Waals surface area contributed by atoms with Gasteiger partial charge in [-0.1, -0.05) is 33.8 Å². The smallest absolute Gasteiger partial charge is 0.236 e. The maximum Gasteiger partial charge on any atom is 0.236 e. The second-order valence-electron chi connectivity index (χ2n) is 6.91. The number of nitrogens with one attached hydrogen (secondary N) is 1. The third-order valence-electron chi connectivity index (χ3n) is 3.93. The summed E-state index contributed by atoms with van der Waals surface area (Å²) in [6, 6.07) is 5.35. The summed E-state index contributed by atoms with van der Waals surface area (Å²) >= 11 is 0. The van der Waals surface area contributed by atoms with Gasteiger partial charge in [0.1, 0.15) is 0 Å². The van der Waals surface area contributed by atoms with Crippen molar-refractivity contribution in [2.24, 2.45) is 11.7 Å². The van der Waals surface area contributed by atoms with Gasteiger partial charge in [0, 0.05) is 12.0 Å². The highest BCUT2D eigenvalue weighted by atomic mass is 16.5. The number of methoxy groups -OCH3 is 2. The van der Waals surface area contributed by atoms with Crippen LogP contribution in [0.1, 0.15) is 39.7 Å². The Morgan fingerprint density at radius 2 is 1.83 bits per heavy atom. The first-order valence-corrected chi connectivity index (χ1v) is 7.97. The van der Waals surface area contributed by atoms with Crippen LogP contribution in [0.2, 0.25) is 0 Å². The van der Waals surface area contributed by atoms with E-state index in [4.69, 9.17) is 15.2 Å². The van der Waals surface area contributed by atoms with Crippen LogP contribution >= 0.6 is 0 Å². The van der Waals surface area contributed by atoms with Crippen molar-refractivity contribution in [2.75, 3.05) is 20.8 Å². The van der Waals surface area contributed by atoms with E-state index in [1.54, 1.807) is 14.2 Å². The van der Waals surface area contributed by atoms with E-state index in [0.29, 0.717) is 30.4 Å². The molecule has 0 fully saturated rings. The van der Waals surface area contributed by atoms with Gasteiger partial charge in [-0.15, -0.1) is 0 Å². The Kier molecular flexibility index (Phi) is 6.88. The predicted molar refractivity (Wildman–Crippen MR) is 93.0 cm³/mol. The predicted octanol–water partition coefficient (Wildman–Crippen LogP) is 2.47. The summed E-state index contributed by atoms with van der Waals surface area (Å²) in [4.78, 5) is 12.1. The van der Waals surface area contributed by atoms with Crippen molar-refractivity contribution >= 4 is 5.91 Å². The largest absolute Gasteiger partial charge is 0.493 e. The van der Waals surface area contributed by atoms with E-state index in [-0.39, 0.29) is 11.3 Å². The van der Waals surface area contributed by atoms with Crippen LogP contribution in [0.25, 0.3) is 0 Å². The highest BCUT2D eigenvalue weighted by Gasteiger charge is 2.24. The first kappa shape index (κ1) is 19.3. The van der Waals surface area contributed by atoms with Gasteiger partial charge in [0.15, 0.2) is 11.5 Å². The molecule has 1 atom stereocenters. The van der Waals surface area contributed by atoms with Crippen molar-refractivity contribution in [1.29, 1.82) is 0 Å². The maximum absolute atomic E-state index is 12.1. The molecule has 0 aliphatic carbocycles. The van der Waals surface area contributed by atoms with E-state index in [9.17, 15) is 4.79 Å². The molecule has 5 nitrogen and oxygen atoms in total. The van der Waals surface area contributed by atoms with Crippen molar-refractivity contribution in [3.05, 3.63) is 23.8 Å². The summed E-state index contributed by atoms with van der Waals surface area (Å²) in [6.07, 6.45) is 0.683. The minimum atomic E-state index is -0.462. The molecule has 0 saturated carbocycles. The molecule has 0 unspecified atom stereocenters. The molecule has 0 radical (unpaired) electrons. The Balaban J connectivity index is 2.77. The SMILES string of the molecule is COc1ccc(C(C)(C)CNC(=O)[C@@H](N)CC(C)C)cc1OC. The van der Waals surface area contributed by atoms with Gasteiger partial charge in [-0.05, 0) is 30.0 Å². The average molecular weight is 322 g/mol. The van der Waals surface area contributed by atoms with Crippen LogP contribution in [0.4, 0.5) is 0 Å². The lowest BCUT2D eigenvalue weighted by molar-refractivity contribution is -0.122. The van der Waals surface area contributed by atoms with Gasteiger partial charge >= 0.3 is 0 Å². The van der Waals surface area contributed by atoms with Crippen LogP contribution < -0.4 is 20.5 Å². The summed E-state index contributed by atoms with van der Waals surface area (Å²) in [5, 5.41) is 2.96. The van der Waals surface area contributed by atoms with Gasteiger partial charge in [-0.3, -0.25) is 4.79 Å². The van der Waals surface area contributed by atoms with Gasteiger partial charge < -0.3 is 20.5 Å². The molecule has 130 valence electrons. The number of carbonyl (C=O) groups is 1. The molecule has 1 amide bonds. The molecule has 0 aromatic heterocycles. The molecule has 0 heterocycles. The van der Waals surface area contributed by atoms with Crippen LogP contribution in [0.15, 0.2) is 18.2 Å². The Hall–Kier alpha value is -1.75. The molecule has 1 aromatic rings. The van der Waals surface area contributed by atoms with Crippen molar-refractivity contribution in [3.63, 3.8) is 0 Å². The fraction of sp³-hybridized carbons (Fsp3) is 0.611. The van der Waals surface area contributed by atoms with E-state index < -0.39 is 6.04 Å². The average Bonchev–Trinajstić information content (AvgIpc) is 2.51. The fourth-order valence-corrected chi connectivity index (χ4v) is 2.41. The summed E-state index contributed by atoms with van der Waals surface area (Å²) in [6.45, 7) is 8.76. The number of nitrogens with two attached hydrogens (primary N) is 1. The number of carbonyl (C=O) groups excluding carboxylic acids is 1. The van der Waals surface area contributed by atoms with Crippen LogP contribution in [-0.4, -0.2) is 32.7 Å². The summed E-state index contributed by atoms with van der Waals surface area (Å²) in [7, 11) is 3.22. The van der Waals surface area contributed by atoms with Gasteiger partial charge in [-0.2, -0.15) is 0 Å². The molecule has 5 heteroatoms. The first-order chi connectivity index (χ1) is 10.7. The number of hydrogen-bond donors (Lipinski definition) is 2. The summed E-state index contributed by atoms with van der Waals surface area (Å²) in [5.74, 6) is 1.66. The molecular weight excluding hydrogens is 292 g/mol. The zero-order valence-corrected chi connectivity index (χ0v) is 15.1. The molecule has 1 aromatic carbocycles. The third-order valence-corrected chi connectivity index (χ3v) is 3.93. The minimum Gasteiger partial charge on any atom is -0.493 e. The van der Waals surface area contributed by atoms with Crippen molar-refractivity contribution < 1.29 is 14.3 Å². The Bertz CT molecular complexity index is 527. The molecule has 3 N–H and O–H groups in total. The summed E-state index contributed by atoms with van der Waals surface area (Å²) < 4.78 is 10.6. The van der Waals surface area contributed by atoms with Gasteiger partial charge in [-0.25, -0.2) is 0 Å². The molecule has 0 saturated heterocycles. The lowest BCUT2D eigenvalue weighted by Gasteiger charge is -2.27. The maximum atomic E-state index is 12.1. The molecule has 23 heavy (non-hydrogen) atoms. The number of benzene rings is 1. The second kappa shape index (κ2) is 8.20. The van der Waals surface area contributed by atoms with Crippen LogP contribution in [-0.2, 0) is 10.2 Å². The van der Waals surface area contributed by atoms with Gasteiger partial charge in [0.05, 0.1) is 20.3 Å². The molecule has 0 bridgehead atoms. The number of hydrogen-bond acceptors (Lipinski definition) is 4. The van der Waals surface area contributed by atoms with Crippen molar-refractivity contribution in [1.82, 2.24) is 5.32 Å². The molecular formula is C18H30N2O3. The van der Waals surface area contributed by atoms with Crippen molar-refractivity contribution in [2.45, 2.75) is 45.6 Å². The topological polar surface area (TPSA) is 73.6 Å². The minimum absolute atomic E-state index is 0.104. The van der Waals surface area contributed by atoms with E-state index >= 15 is 0 Å². The third kappa shape index (κ3) is 5.43. The number of ether oxygens (including phenoxy) is 2. The molecule has 0 aliphatic rings. The van der Waals surface area contributed by atoms with E-state index in [1.165, 1.54) is 0 Å². The normalized spacial score (nSPS) is 12.9. The monoisotopic (exact) mass is 322 g/mol. The Morgan fingerprint density at radius 3 is 2.35 bits per heavy atom. The Labute approximate surface area is 139 Å². The quantitative estimate of drug-likeness (QED) is 0.771. The van der Waals surface area contributed by atoms with Gasteiger partial charge in [0.2, 0.25) is 5.91 Å². The number of amides is 1. The number of rotatable bonds is 8. The van der Waals surface area contributed by atoms with E-state index in [2.05, 4.69) is 33.0 Å². The lowest BCUT2D eigenvalue weighted by atomic mass is 9.84. The van der Waals surface area contributed by atoms with Crippen LogP contribution in [0.3, 0.4) is 0 Å². The molecule has 1 rings (SSSR count). The van der Waals surface area contributed by atoms with Gasteiger partial charge in [0.25, 0.3) is 0 Å². The highest BCUT2D eigenvalue weighted by molar-refractivity contribution is 5.81. The zero-order chi connectivity index (χ0) is 17.6. The lowest BCUT2D eigenvalue weighted by Crippen LogP contribution is -2.45. The van der Waals surface area contributed by atoms with Crippen LogP contribution in [0.5, 0.6) is 11.5 Å². The standard InChI is InChI=1S/C18H30N2O3/c1-12(2)9-14(19)17(21)20-11-18(3,4)13-7-8-15(22-5)16(10-13)23-6/h7-8,10,12,14H,9,11,19H2,1-6H3,(H,20,21)/t14-/m0/s1. The van der Waals surface area contributed by atoms with Crippen LogP contribution in [0, 0.1) is 5.92 Å². The zero-order valence-electron chi connectivity index (χ0n) is 15.1. The highest BCUT2D eigenvalue weighted by Crippen LogP contribution is 2.32. The van der Waals surface area contributed by atoms with E-state index in [1.807, 2.05) is 18.2 Å². The van der Waals surface area contributed by atoms with E-state index in [0.717, 1.165) is 5.56 Å². The molecule has 0 aliphatic heterocycles. The first-order valence-electron chi connectivity index (χ1n) is 7.97. The Morgan fingerprint density at radius 1 is 1.22 bits per heavy atom. The second-order valence-corrected chi connectivity index (χ2v) is 6.91.